The number of hydrogen-bond acceptors (Lipinski definition) is 2. The number of carbonyl (C=O) groups is 1. The molecule has 0 radical (unpaired) electrons. The molecule has 0 heterocycles. The van der Waals surface area contributed by atoms with Gasteiger partial charge < -0.3 is 11.1 Å². The molecular formula is C15H14BrClN2O. The van der Waals surface area contributed by atoms with E-state index in [4.69, 9.17) is 17.3 Å². The lowest BCUT2D eigenvalue weighted by atomic mass is 10.1. The molecule has 2 aromatic rings. The number of halogens is 2. The Kier molecular flexibility index (Phi) is 4.68. The lowest BCUT2D eigenvalue weighted by molar-refractivity contribution is 0.0940. The number of benzene rings is 2. The van der Waals surface area contributed by atoms with E-state index >= 15 is 0 Å². The summed E-state index contributed by atoms with van der Waals surface area (Å²) < 4.78 is 0.764. The largest absolute Gasteiger partial charge is 0.399 e. The van der Waals surface area contributed by atoms with Gasteiger partial charge in [-0.2, -0.15) is 0 Å². The quantitative estimate of drug-likeness (QED) is 0.813. The number of nitrogens with two attached hydrogens (primary N) is 1. The molecule has 0 aliphatic carbocycles. The van der Waals surface area contributed by atoms with Crippen LogP contribution in [0.25, 0.3) is 0 Å². The van der Waals surface area contributed by atoms with Gasteiger partial charge in [0.25, 0.3) is 5.91 Å². The Bertz CT molecular complexity index is 646. The topological polar surface area (TPSA) is 55.1 Å². The van der Waals surface area contributed by atoms with Crippen LogP contribution in [0.15, 0.2) is 46.9 Å². The molecule has 20 heavy (non-hydrogen) atoms. The summed E-state index contributed by atoms with van der Waals surface area (Å²) in [5, 5.41) is 3.43. The van der Waals surface area contributed by atoms with E-state index < -0.39 is 0 Å². The van der Waals surface area contributed by atoms with Crippen molar-refractivity contribution < 1.29 is 4.79 Å². The fraction of sp³-hybridized carbons (Fsp3) is 0.133. The standard InChI is InChI=1S/C15H14BrClN2O/c1-9(10-3-2-4-12(18)7-10)19-15(20)11-5-6-13(16)14(17)8-11/h2-9H,18H2,1H3,(H,19,20). The molecular weight excluding hydrogens is 340 g/mol. The first-order chi connectivity index (χ1) is 9.47. The van der Waals surface area contributed by atoms with Gasteiger partial charge in [0.2, 0.25) is 0 Å². The molecule has 2 rings (SSSR count). The van der Waals surface area contributed by atoms with E-state index in [0.29, 0.717) is 16.3 Å². The molecule has 0 bridgehead atoms. The van der Waals surface area contributed by atoms with Gasteiger partial charge in [-0.15, -0.1) is 0 Å². The van der Waals surface area contributed by atoms with Crippen molar-refractivity contribution in [1.82, 2.24) is 5.32 Å². The molecule has 0 spiro atoms. The van der Waals surface area contributed by atoms with E-state index in [1.54, 1.807) is 18.2 Å². The van der Waals surface area contributed by atoms with Crippen LogP contribution in [0.3, 0.4) is 0 Å². The van der Waals surface area contributed by atoms with Gasteiger partial charge in [0.05, 0.1) is 11.1 Å². The fourth-order valence-electron chi connectivity index (χ4n) is 1.83. The van der Waals surface area contributed by atoms with Crippen LogP contribution in [-0.2, 0) is 0 Å². The Morgan fingerprint density at radius 1 is 1.30 bits per heavy atom. The third kappa shape index (κ3) is 3.52. The van der Waals surface area contributed by atoms with Crippen LogP contribution in [-0.4, -0.2) is 5.91 Å². The summed E-state index contributed by atoms with van der Waals surface area (Å²) >= 11 is 9.29. The number of rotatable bonds is 3. The minimum Gasteiger partial charge on any atom is -0.399 e. The van der Waals surface area contributed by atoms with Crippen molar-refractivity contribution in [3.05, 3.63) is 63.1 Å². The molecule has 3 nitrogen and oxygen atoms in total. The summed E-state index contributed by atoms with van der Waals surface area (Å²) in [6.07, 6.45) is 0. The van der Waals surface area contributed by atoms with Crippen LogP contribution >= 0.6 is 27.5 Å². The third-order valence-corrected chi connectivity index (χ3v) is 4.17. The summed E-state index contributed by atoms with van der Waals surface area (Å²) in [6, 6.07) is 12.4. The Labute approximate surface area is 131 Å². The smallest absolute Gasteiger partial charge is 0.251 e. The Morgan fingerprint density at radius 2 is 2.05 bits per heavy atom. The summed E-state index contributed by atoms with van der Waals surface area (Å²) in [5.74, 6) is -0.172. The first kappa shape index (κ1) is 14.9. The Hall–Kier alpha value is -1.52. The van der Waals surface area contributed by atoms with Crippen molar-refractivity contribution in [3.63, 3.8) is 0 Å². The lowest BCUT2D eigenvalue weighted by Gasteiger charge is -2.15. The molecule has 1 amide bonds. The van der Waals surface area contributed by atoms with Crippen LogP contribution in [0.4, 0.5) is 5.69 Å². The maximum absolute atomic E-state index is 12.2. The molecule has 0 aliphatic heterocycles. The second-order valence-corrected chi connectivity index (χ2v) is 5.76. The predicted octanol–water partition coefficient (Wildman–Crippen LogP) is 4.18. The summed E-state index contributed by atoms with van der Waals surface area (Å²) in [4.78, 5) is 12.2. The minimum atomic E-state index is -0.172. The molecule has 0 aromatic heterocycles. The van der Waals surface area contributed by atoms with Crippen LogP contribution in [0.1, 0.15) is 28.9 Å². The second kappa shape index (κ2) is 6.29. The fourth-order valence-corrected chi connectivity index (χ4v) is 2.26. The molecule has 104 valence electrons. The average Bonchev–Trinajstić information content (AvgIpc) is 2.41. The summed E-state index contributed by atoms with van der Waals surface area (Å²) in [6.45, 7) is 1.91. The van der Waals surface area contributed by atoms with E-state index in [1.807, 2.05) is 31.2 Å². The number of nitrogen functional groups attached to an aromatic ring is 1. The highest BCUT2D eigenvalue weighted by Gasteiger charge is 2.12. The first-order valence-corrected chi connectivity index (χ1v) is 7.26. The third-order valence-electron chi connectivity index (χ3n) is 2.94. The van der Waals surface area contributed by atoms with Gasteiger partial charge in [-0.3, -0.25) is 4.79 Å². The van der Waals surface area contributed by atoms with Gasteiger partial charge in [-0.1, -0.05) is 23.7 Å². The monoisotopic (exact) mass is 352 g/mol. The van der Waals surface area contributed by atoms with Gasteiger partial charge >= 0.3 is 0 Å². The number of hydrogen-bond donors (Lipinski definition) is 2. The van der Waals surface area contributed by atoms with E-state index in [-0.39, 0.29) is 11.9 Å². The zero-order valence-corrected chi connectivity index (χ0v) is 13.2. The normalized spacial score (nSPS) is 11.9. The van der Waals surface area contributed by atoms with Gasteiger partial charge in [0, 0.05) is 15.7 Å². The van der Waals surface area contributed by atoms with Crippen molar-refractivity contribution in [1.29, 1.82) is 0 Å². The minimum absolute atomic E-state index is 0.131. The van der Waals surface area contributed by atoms with E-state index in [0.717, 1.165) is 10.0 Å². The maximum Gasteiger partial charge on any atom is 0.251 e. The number of nitrogens with one attached hydrogen (secondary N) is 1. The molecule has 2 aromatic carbocycles. The highest BCUT2D eigenvalue weighted by molar-refractivity contribution is 9.10. The van der Waals surface area contributed by atoms with Crippen LogP contribution < -0.4 is 11.1 Å². The first-order valence-electron chi connectivity index (χ1n) is 6.08. The van der Waals surface area contributed by atoms with E-state index in [9.17, 15) is 4.79 Å². The Morgan fingerprint density at radius 3 is 2.70 bits per heavy atom. The summed E-state index contributed by atoms with van der Waals surface area (Å²) in [5.41, 5.74) is 7.90. The summed E-state index contributed by atoms with van der Waals surface area (Å²) in [7, 11) is 0. The predicted molar refractivity (Wildman–Crippen MR) is 85.9 cm³/mol. The second-order valence-electron chi connectivity index (χ2n) is 4.49. The maximum atomic E-state index is 12.2. The van der Waals surface area contributed by atoms with Crippen LogP contribution in [0.5, 0.6) is 0 Å². The molecule has 5 heteroatoms. The van der Waals surface area contributed by atoms with Gasteiger partial charge in [-0.25, -0.2) is 0 Å². The Balaban J connectivity index is 2.13. The molecule has 1 atom stereocenters. The van der Waals surface area contributed by atoms with Crippen LogP contribution in [0, 0.1) is 0 Å². The number of amides is 1. The van der Waals surface area contributed by atoms with Crippen molar-refractivity contribution in [2.75, 3.05) is 5.73 Å². The number of anilines is 1. The van der Waals surface area contributed by atoms with Gasteiger partial charge in [0.1, 0.15) is 0 Å². The van der Waals surface area contributed by atoms with Gasteiger partial charge in [0.15, 0.2) is 0 Å². The zero-order chi connectivity index (χ0) is 14.7. The molecule has 0 saturated heterocycles. The van der Waals surface area contributed by atoms with Crippen molar-refractivity contribution in [3.8, 4) is 0 Å². The van der Waals surface area contributed by atoms with Crippen LogP contribution in [0.2, 0.25) is 5.02 Å². The number of carbonyl (C=O) groups excluding carboxylic acids is 1. The highest BCUT2D eigenvalue weighted by Crippen LogP contribution is 2.23. The molecule has 3 N–H and O–H groups in total. The highest BCUT2D eigenvalue weighted by atomic mass is 79.9. The van der Waals surface area contributed by atoms with E-state index in [2.05, 4.69) is 21.2 Å². The molecule has 1 unspecified atom stereocenters. The van der Waals surface area contributed by atoms with E-state index in [1.165, 1.54) is 0 Å². The van der Waals surface area contributed by atoms with Gasteiger partial charge in [-0.05, 0) is 58.7 Å². The van der Waals surface area contributed by atoms with Crippen molar-refractivity contribution >= 4 is 39.1 Å². The SMILES string of the molecule is CC(NC(=O)c1ccc(Br)c(Cl)c1)c1cccc(N)c1. The lowest BCUT2D eigenvalue weighted by Crippen LogP contribution is -2.26. The molecule has 0 fully saturated rings. The molecule has 0 aliphatic rings. The van der Waals surface area contributed by atoms with Crippen molar-refractivity contribution in [2.24, 2.45) is 0 Å². The van der Waals surface area contributed by atoms with Crippen molar-refractivity contribution in [2.45, 2.75) is 13.0 Å². The zero-order valence-electron chi connectivity index (χ0n) is 10.9. The molecule has 0 saturated carbocycles. The average molecular weight is 354 g/mol.